The quantitative estimate of drug-likeness (QED) is 0.686. The number of nitrogens with zero attached hydrogens (tertiary/aromatic N) is 2. The first-order valence-corrected chi connectivity index (χ1v) is 12.3. The summed E-state index contributed by atoms with van der Waals surface area (Å²) in [7, 11) is 0. The SMILES string of the molecule is CCN(CC)C(=O)c1ccc(C2=CC3(CCNCC3)Oc3ccc(OCC4CC4)cc32)cn1. The zero-order chi connectivity index (χ0) is 22.8. The fourth-order valence-corrected chi connectivity index (χ4v) is 4.67. The van der Waals surface area contributed by atoms with E-state index in [1.54, 1.807) is 4.90 Å². The number of aromatic nitrogens is 1. The summed E-state index contributed by atoms with van der Waals surface area (Å²) in [6, 6.07) is 10.0. The van der Waals surface area contributed by atoms with Gasteiger partial charge in [-0.15, -0.1) is 0 Å². The van der Waals surface area contributed by atoms with Gasteiger partial charge in [0.15, 0.2) is 0 Å². The van der Waals surface area contributed by atoms with Crippen LogP contribution in [0.25, 0.3) is 5.57 Å². The molecule has 1 amide bonds. The standard InChI is InChI=1S/C27H33N3O3/c1-3-30(4-2)26(31)24-9-7-20(17-29-24)23-16-27(11-13-28-14-12-27)33-25-10-8-21(15-22(23)25)32-18-19-5-6-19/h7-10,15-17,19,28H,3-6,11-14,18H2,1-2H3. The summed E-state index contributed by atoms with van der Waals surface area (Å²) >= 11 is 0. The van der Waals surface area contributed by atoms with Crippen LogP contribution >= 0.6 is 0 Å². The van der Waals surface area contributed by atoms with Crippen molar-refractivity contribution in [3.8, 4) is 11.5 Å². The molecule has 2 aromatic rings. The van der Waals surface area contributed by atoms with Gasteiger partial charge in [-0.05, 0) is 81.6 Å². The molecule has 1 spiro atoms. The molecule has 1 aliphatic carbocycles. The van der Waals surface area contributed by atoms with E-state index in [4.69, 9.17) is 9.47 Å². The van der Waals surface area contributed by atoms with Crippen LogP contribution in [0.5, 0.6) is 11.5 Å². The second-order valence-electron chi connectivity index (χ2n) is 9.30. The van der Waals surface area contributed by atoms with E-state index in [2.05, 4.69) is 22.4 Å². The van der Waals surface area contributed by atoms with E-state index >= 15 is 0 Å². The van der Waals surface area contributed by atoms with E-state index in [0.29, 0.717) is 24.7 Å². The van der Waals surface area contributed by atoms with Gasteiger partial charge in [0.1, 0.15) is 22.8 Å². The average Bonchev–Trinajstić information content (AvgIpc) is 3.68. The summed E-state index contributed by atoms with van der Waals surface area (Å²) in [6.45, 7) is 7.96. The van der Waals surface area contributed by atoms with Crippen LogP contribution in [-0.2, 0) is 0 Å². The lowest BCUT2D eigenvalue weighted by molar-refractivity contribution is 0.0766. The zero-order valence-electron chi connectivity index (χ0n) is 19.6. The Labute approximate surface area is 196 Å². The van der Waals surface area contributed by atoms with Crippen LogP contribution in [0.2, 0.25) is 0 Å². The molecule has 1 aromatic heterocycles. The summed E-state index contributed by atoms with van der Waals surface area (Å²) < 4.78 is 12.6. The summed E-state index contributed by atoms with van der Waals surface area (Å²) in [5.74, 6) is 2.43. The maximum absolute atomic E-state index is 12.7. The van der Waals surface area contributed by atoms with E-state index in [1.807, 2.05) is 44.3 Å². The van der Waals surface area contributed by atoms with Gasteiger partial charge in [0.05, 0.1) is 6.61 Å². The maximum atomic E-state index is 12.7. The third kappa shape index (κ3) is 4.62. The van der Waals surface area contributed by atoms with Gasteiger partial charge in [0.25, 0.3) is 5.91 Å². The molecule has 0 radical (unpaired) electrons. The van der Waals surface area contributed by atoms with Crippen molar-refractivity contribution in [3.05, 3.63) is 59.4 Å². The smallest absolute Gasteiger partial charge is 0.272 e. The number of nitrogens with one attached hydrogen (secondary N) is 1. The van der Waals surface area contributed by atoms with Crippen LogP contribution in [0.4, 0.5) is 0 Å². The minimum absolute atomic E-state index is 0.0292. The van der Waals surface area contributed by atoms with Crippen molar-refractivity contribution in [3.63, 3.8) is 0 Å². The van der Waals surface area contributed by atoms with Crippen LogP contribution in [0.1, 0.15) is 61.1 Å². The third-order valence-electron chi connectivity index (χ3n) is 6.94. The molecule has 0 unspecified atom stereocenters. The zero-order valence-corrected chi connectivity index (χ0v) is 19.6. The van der Waals surface area contributed by atoms with Gasteiger partial charge >= 0.3 is 0 Å². The second kappa shape index (κ2) is 9.18. The summed E-state index contributed by atoms with van der Waals surface area (Å²) in [4.78, 5) is 19.1. The number of pyridine rings is 1. The van der Waals surface area contributed by atoms with Crippen molar-refractivity contribution in [2.75, 3.05) is 32.8 Å². The van der Waals surface area contributed by atoms with Gasteiger partial charge in [0.2, 0.25) is 0 Å². The lowest BCUT2D eigenvalue weighted by Crippen LogP contribution is -2.46. The molecule has 3 aliphatic rings. The van der Waals surface area contributed by atoms with Gasteiger partial charge in [-0.1, -0.05) is 6.07 Å². The molecule has 1 saturated carbocycles. The number of rotatable bonds is 7. The van der Waals surface area contributed by atoms with Crippen LogP contribution < -0.4 is 14.8 Å². The topological polar surface area (TPSA) is 63.7 Å². The molecule has 0 bridgehead atoms. The lowest BCUT2D eigenvalue weighted by atomic mass is 9.83. The number of piperidine rings is 1. The first-order valence-electron chi connectivity index (χ1n) is 12.3. The number of fused-ring (bicyclic) bond motifs is 1. The minimum atomic E-state index is -0.320. The molecule has 0 atom stereocenters. The van der Waals surface area contributed by atoms with Gasteiger partial charge < -0.3 is 19.7 Å². The van der Waals surface area contributed by atoms with Crippen LogP contribution in [0, 0.1) is 5.92 Å². The van der Waals surface area contributed by atoms with Crippen molar-refractivity contribution in [1.82, 2.24) is 15.2 Å². The number of hydrogen-bond acceptors (Lipinski definition) is 5. The highest BCUT2D eigenvalue weighted by Gasteiger charge is 2.37. The summed E-state index contributed by atoms with van der Waals surface area (Å²) in [5, 5.41) is 3.43. The molecular weight excluding hydrogens is 414 g/mol. The monoisotopic (exact) mass is 447 g/mol. The van der Waals surface area contributed by atoms with E-state index in [-0.39, 0.29) is 11.5 Å². The van der Waals surface area contributed by atoms with Crippen LogP contribution in [0.3, 0.4) is 0 Å². The number of ether oxygens (including phenoxy) is 2. The highest BCUT2D eigenvalue weighted by Crippen LogP contribution is 2.44. The Bertz CT molecular complexity index is 1030. The number of carbonyl (C=O) groups is 1. The van der Waals surface area contributed by atoms with E-state index in [1.165, 1.54) is 12.8 Å². The normalized spacial score (nSPS) is 18.8. The Balaban J connectivity index is 1.49. The number of amides is 1. The molecule has 2 aliphatic heterocycles. The molecule has 174 valence electrons. The molecular formula is C27H33N3O3. The van der Waals surface area contributed by atoms with Gasteiger partial charge in [-0.2, -0.15) is 0 Å². The minimum Gasteiger partial charge on any atom is -0.493 e. The van der Waals surface area contributed by atoms with Crippen molar-refractivity contribution >= 4 is 11.5 Å². The van der Waals surface area contributed by atoms with Gasteiger partial charge in [0, 0.05) is 43.3 Å². The maximum Gasteiger partial charge on any atom is 0.272 e. The molecule has 33 heavy (non-hydrogen) atoms. The Morgan fingerprint density at radius 3 is 2.64 bits per heavy atom. The Morgan fingerprint density at radius 1 is 1.18 bits per heavy atom. The summed E-state index contributed by atoms with van der Waals surface area (Å²) in [6.07, 6.45) is 8.46. The van der Waals surface area contributed by atoms with Crippen molar-refractivity contribution in [2.24, 2.45) is 5.92 Å². The van der Waals surface area contributed by atoms with Crippen LogP contribution in [0.15, 0.2) is 42.6 Å². The molecule has 6 nitrogen and oxygen atoms in total. The fourth-order valence-electron chi connectivity index (χ4n) is 4.67. The van der Waals surface area contributed by atoms with Crippen LogP contribution in [-0.4, -0.2) is 54.2 Å². The van der Waals surface area contributed by atoms with Crippen molar-refractivity contribution < 1.29 is 14.3 Å². The van der Waals surface area contributed by atoms with E-state index in [9.17, 15) is 4.79 Å². The third-order valence-corrected chi connectivity index (χ3v) is 6.94. The average molecular weight is 448 g/mol. The molecule has 3 heterocycles. The molecule has 2 fully saturated rings. The van der Waals surface area contributed by atoms with Crippen molar-refractivity contribution in [1.29, 1.82) is 0 Å². The molecule has 6 heteroatoms. The molecule has 1 N–H and O–H groups in total. The van der Waals surface area contributed by atoms with Gasteiger partial charge in [-0.25, -0.2) is 0 Å². The number of carbonyl (C=O) groups excluding carboxylic acids is 1. The molecule has 1 aromatic carbocycles. The lowest BCUT2D eigenvalue weighted by Gasteiger charge is -2.40. The Morgan fingerprint density at radius 2 is 1.97 bits per heavy atom. The van der Waals surface area contributed by atoms with E-state index < -0.39 is 0 Å². The fraction of sp³-hybridized carbons (Fsp3) is 0.481. The predicted octanol–water partition coefficient (Wildman–Crippen LogP) is 4.30. The molecule has 1 saturated heterocycles. The molecule has 5 rings (SSSR count). The number of benzene rings is 1. The summed E-state index contributed by atoms with van der Waals surface area (Å²) in [5.41, 5.74) is 3.28. The van der Waals surface area contributed by atoms with E-state index in [0.717, 1.165) is 60.7 Å². The predicted molar refractivity (Wildman–Crippen MR) is 129 cm³/mol. The largest absolute Gasteiger partial charge is 0.493 e. The first kappa shape index (κ1) is 22.0. The first-order chi connectivity index (χ1) is 16.1. The highest BCUT2D eigenvalue weighted by molar-refractivity contribution is 5.93. The van der Waals surface area contributed by atoms with Gasteiger partial charge in [-0.3, -0.25) is 9.78 Å². The Kier molecular flexibility index (Phi) is 6.11. The Hall–Kier alpha value is -2.86. The number of hydrogen-bond donors (Lipinski definition) is 1. The highest BCUT2D eigenvalue weighted by atomic mass is 16.5. The second-order valence-corrected chi connectivity index (χ2v) is 9.30. The van der Waals surface area contributed by atoms with Crippen molar-refractivity contribution in [2.45, 2.75) is 45.1 Å².